The Balaban J connectivity index is 1.35. The van der Waals surface area contributed by atoms with Crippen molar-refractivity contribution in [3.63, 3.8) is 0 Å². The molecule has 0 atom stereocenters. The molecule has 2 aromatic rings. The lowest BCUT2D eigenvalue weighted by Crippen LogP contribution is -2.26. The number of thioether (sulfide) groups is 1. The summed E-state index contributed by atoms with van der Waals surface area (Å²) < 4.78 is 0. The Morgan fingerprint density at radius 2 is 2.04 bits per heavy atom. The van der Waals surface area contributed by atoms with E-state index in [1.54, 1.807) is 29.4 Å². The molecule has 1 N–H and O–H groups in total. The fourth-order valence-corrected chi connectivity index (χ4v) is 6.00. The molecule has 138 valence electrons. The summed E-state index contributed by atoms with van der Waals surface area (Å²) in [6, 6.07) is 0. The van der Waals surface area contributed by atoms with E-state index in [9.17, 15) is 4.79 Å². The molecule has 0 spiro atoms. The van der Waals surface area contributed by atoms with Crippen LogP contribution in [0.25, 0.3) is 10.2 Å². The Bertz CT molecular complexity index is 828. The summed E-state index contributed by atoms with van der Waals surface area (Å²) in [5.41, 5.74) is 2.94. The van der Waals surface area contributed by atoms with Crippen LogP contribution in [0.5, 0.6) is 0 Å². The van der Waals surface area contributed by atoms with Gasteiger partial charge in [0.25, 0.3) is 0 Å². The predicted molar refractivity (Wildman–Crippen MR) is 109 cm³/mol. The zero-order chi connectivity index (χ0) is 17.8. The lowest BCUT2D eigenvalue weighted by atomic mass is 9.97. The molecule has 0 aliphatic heterocycles. The van der Waals surface area contributed by atoms with Crippen molar-refractivity contribution in [2.45, 2.75) is 62.8 Å². The second kappa shape index (κ2) is 8.53. The lowest BCUT2D eigenvalue weighted by Gasteiger charge is -2.13. The number of nitrogens with zero attached hydrogens (tertiary/aromatic N) is 2. The fourth-order valence-electron chi connectivity index (χ4n) is 3.85. The molecule has 1 amide bonds. The zero-order valence-corrected chi connectivity index (χ0v) is 16.7. The van der Waals surface area contributed by atoms with Gasteiger partial charge in [-0.1, -0.05) is 23.4 Å². The summed E-state index contributed by atoms with van der Waals surface area (Å²) in [5, 5.41) is 5.24. The molecule has 2 aliphatic rings. The standard InChI is InChI=1S/C20H25N3OS2/c24-17(21-11-10-14-6-2-1-3-7-14)12-25-19-18-15-8-4-5-9-16(15)26-20(18)23-13-22-19/h6,13H,1-5,7-12H2,(H,21,24). The topological polar surface area (TPSA) is 54.9 Å². The third-order valence-electron chi connectivity index (χ3n) is 5.21. The highest BCUT2D eigenvalue weighted by Crippen LogP contribution is 2.39. The van der Waals surface area contributed by atoms with E-state index in [0.717, 1.165) is 35.7 Å². The molecule has 4 rings (SSSR count). The fraction of sp³-hybridized carbons (Fsp3) is 0.550. The summed E-state index contributed by atoms with van der Waals surface area (Å²) >= 11 is 3.36. The van der Waals surface area contributed by atoms with Crippen LogP contribution in [0.4, 0.5) is 0 Å². The number of nitrogens with one attached hydrogen (secondary N) is 1. The van der Waals surface area contributed by atoms with Gasteiger partial charge in [0.2, 0.25) is 5.91 Å². The number of allylic oxidation sites excluding steroid dienone is 1. The summed E-state index contributed by atoms with van der Waals surface area (Å²) in [6.07, 6.45) is 14.8. The number of hydrogen-bond acceptors (Lipinski definition) is 5. The molecule has 0 saturated heterocycles. The van der Waals surface area contributed by atoms with Crippen LogP contribution < -0.4 is 5.32 Å². The quantitative estimate of drug-likeness (QED) is 0.445. The molecule has 2 heterocycles. The summed E-state index contributed by atoms with van der Waals surface area (Å²) in [5.74, 6) is 0.526. The Hall–Kier alpha value is -1.40. The number of carbonyl (C=O) groups is 1. The van der Waals surface area contributed by atoms with Gasteiger partial charge in [-0.2, -0.15) is 0 Å². The van der Waals surface area contributed by atoms with Crippen LogP contribution in [0, 0.1) is 0 Å². The third kappa shape index (κ3) is 4.12. The maximum absolute atomic E-state index is 12.2. The highest BCUT2D eigenvalue weighted by Gasteiger charge is 2.20. The normalized spacial score (nSPS) is 17.0. The maximum Gasteiger partial charge on any atom is 0.230 e. The van der Waals surface area contributed by atoms with Crippen molar-refractivity contribution in [1.29, 1.82) is 0 Å². The molecule has 0 bridgehead atoms. The van der Waals surface area contributed by atoms with Gasteiger partial charge in [-0.15, -0.1) is 11.3 Å². The Morgan fingerprint density at radius 1 is 1.15 bits per heavy atom. The van der Waals surface area contributed by atoms with Crippen LogP contribution in [0.2, 0.25) is 0 Å². The van der Waals surface area contributed by atoms with Crippen LogP contribution >= 0.6 is 23.1 Å². The monoisotopic (exact) mass is 387 g/mol. The largest absolute Gasteiger partial charge is 0.355 e. The number of fused-ring (bicyclic) bond motifs is 3. The van der Waals surface area contributed by atoms with Crippen LogP contribution in [-0.2, 0) is 17.6 Å². The van der Waals surface area contributed by atoms with Crippen molar-refractivity contribution >= 4 is 39.2 Å². The molecule has 0 fully saturated rings. The summed E-state index contributed by atoms with van der Waals surface area (Å²) in [7, 11) is 0. The number of amides is 1. The molecular weight excluding hydrogens is 362 g/mol. The third-order valence-corrected chi connectivity index (χ3v) is 7.40. The van der Waals surface area contributed by atoms with E-state index in [1.807, 2.05) is 0 Å². The van der Waals surface area contributed by atoms with Gasteiger partial charge in [-0.3, -0.25) is 4.79 Å². The van der Waals surface area contributed by atoms with E-state index in [1.165, 1.54) is 59.9 Å². The van der Waals surface area contributed by atoms with Gasteiger partial charge in [-0.05, 0) is 63.4 Å². The van der Waals surface area contributed by atoms with Crippen molar-refractivity contribution in [3.05, 3.63) is 28.4 Å². The van der Waals surface area contributed by atoms with Crippen LogP contribution in [0.15, 0.2) is 23.0 Å². The lowest BCUT2D eigenvalue weighted by molar-refractivity contribution is -0.118. The highest BCUT2D eigenvalue weighted by atomic mass is 32.2. The molecule has 26 heavy (non-hydrogen) atoms. The predicted octanol–water partition coefficient (Wildman–Crippen LogP) is 4.67. The van der Waals surface area contributed by atoms with Crippen LogP contribution in [-0.4, -0.2) is 28.2 Å². The zero-order valence-electron chi connectivity index (χ0n) is 15.1. The summed E-state index contributed by atoms with van der Waals surface area (Å²) in [6.45, 7) is 0.748. The van der Waals surface area contributed by atoms with Crippen LogP contribution in [0.1, 0.15) is 55.4 Å². The number of aryl methyl sites for hydroxylation is 2. The molecule has 4 nitrogen and oxygen atoms in total. The molecule has 0 radical (unpaired) electrons. The van der Waals surface area contributed by atoms with E-state index in [0.29, 0.717) is 5.75 Å². The van der Waals surface area contributed by atoms with Gasteiger partial charge >= 0.3 is 0 Å². The van der Waals surface area contributed by atoms with E-state index < -0.39 is 0 Å². The number of rotatable bonds is 6. The highest BCUT2D eigenvalue weighted by molar-refractivity contribution is 8.00. The first-order chi connectivity index (χ1) is 12.8. The first kappa shape index (κ1) is 18.0. The van der Waals surface area contributed by atoms with Crippen LogP contribution in [0.3, 0.4) is 0 Å². The molecule has 2 aliphatic carbocycles. The second-order valence-corrected chi connectivity index (χ2v) is 9.11. The number of hydrogen-bond donors (Lipinski definition) is 1. The van der Waals surface area contributed by atoms with Gasteiger partial charge in [0.1, 0.15) is 16.2 Å². The van der Waals surface area contributed by atoms with Crippen molar-refractivity contribution < 1.29 is 4.79 Å². The Kier molecular flexibility index (Phi) is 5.90. The molecule has 6 heteroatoms. The van der Waals surface area contributed by atoms with Gasteiger partial charge in [-0.25, -0.2) is 9.97 Å². The Labute approximate surface area is 162 Å². The minimum atomic E-state index is 0.0993. The van der Waals surface area contributed by atoms with E-state index in [-0.39, 0.29) is 5.91 Å². The number of carbonyl (C=O) groups excluding carboxylic acids is 1. The number of thiophene rings is 1. The first-order valence-corrected chi connectivity index (χ1v) is 11.4. The molecule has 0 saturated carbocycles. The molecule has 2 aromatic heterocycles. The van der Waals surface area contributed by atoms with E-state index >= 15 is 0 Å². The number of aromatic nitrogens is 2. The average molecular weight is 388 g/mol. The van der Waals surface area contributed by atoms with Crippen molar-refractivity contribution in [1.82, 2.24) is 15.3 Å². The molecular formula is C20H25N3OS2. The van der Waals surface area contributed by atoms with Gasteiger partial charge < -0.3 is 5.32 Å². The minimum Gasteiger partial charge on any atom is -0.355 e. The second-order valence-electron chi connectivity index (χ2n) is 7.07. The van der Waals surface area contributed by atoms with Crippen molar-refractivity contribution in [3.8, 4) is 0 Å². The molecule has 0 unspecified atom stereocenters. The van der Waals surface area contributed by atoms with Gasteiger partial charge in [0, 0.05) is 16.8 Å². The average Bonchev–Trinajstić information content (AvgIpc) is 3.06. The van der Waals surface area contributed by atoms with Crippen molar-refractivity contribution in [2.24, 2.45) is 0 Å². The van der Waals surface area contributed by atoms with Gasteiger partial charge in [0.15, 0.2) is 0 Å². The first-order valence-electron chi connectivity index (χ1n) is 9.64. The van der Waals surface area contributed by atoms with E-state index in [2.05, 4.69) is 21.4 Å². The minimum absolute atomic E-state index is 0.0993. The smallest absolute Gasteiger partial charge is 0.230 e. The van der Waals surface area contributed by atoms with Gasteiger partial charge in [0.05, 0.1) is 5.75 Å². The van der Waals surface area contributed by atoms with Crippen molar-refractivity contribution in [2.75, 3.05) is 12.3 Å². The summed E-state index contributed by atoms with van der Waals surface area (Å²) in [4.78, 5) is 23.7. The molecule has 0 aromatic carbocycles. The SMILES string of the molecule is O=C(CSc1ncnc2sc3c(c12)CCCC3)NCCC1=CCCCC1. The Morgan fingerprint density at radius 3 is 2.92 bits per heavy atom. The van der Waals surface area contributed by atoms with E-state index in [4.69, 9.17) is 0 Å². The maximum atomic E-state index is 12.2.